The lowest BCUT2D eigenvalue weighted by atomic mass is 10.1. The monoisotopic (exact) mass is 260 g/mol. The van der Waals surface area contributed by atoms with Crippen LogP contribution in [0.3, 0.4) is 0 Å². The van der Waals surface area contributed by atoms with E-state index in [2.05, 4.69) is 34.7 Å². The normalized spacial score (nSPS) is 28.5. The minimum atomic E-state index is -0.173. The molecule has 1 aromatic carbocycles. The molecule has 1 aromatic rings. The van der Waals surface area contributed by atoms with Crippen molar-refractivity contribution in [3.05, 3.63) is 35.4 Å². The zero-order valence-electron chi connectivity index (χ0n) is 6.00. The van der Waals surface area contributed by atoms with E-state index in [1.54, 1.807) is 0 Å². The van der Waals surface area contributed by atoms with Crippen molar-refractivity contribution >= 4 is 22.6 Å². The molecule has 1 aliphatic rings. The van der Waals surface area contributed by atoms with Gasteiger partial charge in [-0.3, -0.25) is 0 Å². The van der Waals surface area contributed by atoms with E-state index >= 15 is 0 Å². The van der Waals surface area contributed by atoms with E-state index in [4.69, 9.17) is 0 Å². The number of benzene rings is 1. The van der Waals surface area contributed by atoms with Gasteiger partial charge in [-0.1, -0.05) is 46.9 Å². The molecule has 1 aliphatic carbocycles. The SMILES string of the molecule is O[C@@H]1Cc2ccccc2[C@H]1I. The van der Waals surface area contributed by atoms with Crippen LogP contribution in [0.2, 0.25) is 0 Å². The van der Waals surface area contributed by atoms with Crippen LogP contribution in [0.25, 0.3) is 0 Å². The van der Waals surface area contributed by atoms with Gasteiger partial charge in [0, 0.05) is 6.42 Å². The first-order valence-corrected chi connectivity index (χ1v) is 4.93. The zero-order valence-corrected chi connectivity index (χ0v) is 8.15. The van der Waals surface area contributed by atoms with Crippen molar-refractivity contribution in [2.75, 3.05) is 0 Å². The van der Waals surface area contributed by atoms with Crippen LogP contribution >= 0.6 is 22.6 Å². The molecule has 0 unspecified atom stereocenters. The fourth-order valence-corrected chi connectivity index (χ4v) is 2.39. The fraction of sp³-hybridized carbons (Fsp3) is 0.333. The second-order valence-corrected chi connectivity index (χ2v) is 4.21. The van der Waals surface area contributed by atoms with Crippen LogP contribution in [0.5, 0.6) is 0 Å². The quantitative estimate of drug-likeness (QED) is 0.559. The van der Waals surface area contributed by atoms with Crippen LogP contribution in [-0.4, -0.2) is 11.2 Å². The Hall–Kier alpha value is -0.0900. The first-order valence-electron chi connectivity index (χ1n) is 3.69. The average molecular weight is 260 g/mol. The molecule has 0 heterocycles. The van der Waals surface area contributed by atoms with E-state index in [0.29, 0.717) is 3.92 Å². The van der Waals surface area contributed by atoms with Gasteiger partial charge in [0.25, 0.3) is 0 Å². The lowest BCUT2D eigenvalue weighted by molar-refractivity contribution is 0.188. The Morgan fingerprint density at radius 2 is 2.09 bits per heavy atom. The molecule has 0 saturated carbocycles. The van der Waals surface area contributed by atoms with Gasteiger partial charge in [-0.25, -0.2) is 0 Å². The van der Waals surface area contributed by atoms with Crippen molar-refractivity contribution in [1.29, 1.82) is 0 Å². The summed E-state index contributed by atoms with van der Waals surface area (Å²) in [4.78, 5) is 0. The Labute approximate surface area is 79.6 Å². The number of halogens is 1. The molecule has 0 radical (unpaired) electrons. The van der Waals surface area contributed by atoms with Crippen LogP contribution in [-0.2, 0) is 6.42 Å². The highest BCUT2D eigenvalue weighted by Gasteiger charge is 2.27. The molecule has 0 saturated heterocycles. The van der Waals surface area contributed by atoms with E-state index in [1.165, 1.54) is 11.1 Å². The second-order valence-electron chi connectivity index (χ2n) is 2.87. The van der Waals surface area contributed by atoms with Gasteiger partial charge in [-0.15, -0.1) is 0 Å². The molecule has 11 heavy (non-hydrogen) atoms. The van der Waals surface area contributed by atoms with Gasteiger partial charge in [0.1, 0.15) is 0 Å². The van der Waals surface area contributed by atoms with E-state index in [0.717, 1.165) is 6.42 Å². The molecule has 2 atom stereocenters. The molecule has 0 aliphatic heterocycles. The molecule has 1 nitrogen and oxygen atoms in total. The van der Waals surface area contributed by atoms with Gasteiger partial charge in [0.15, 0.2) is 0 Å². The highest BCUT2D eigenvalue weighted by atomic mass is 127. The summed E-state index contributed by atoms with van der Waals surface area (Å²) < 4.78 is 0.295. The Morgan fingerprint density at radius 1 is 1.36 bits per heavy atom. The summed E-state index contributed by atoms with van der Waals surface area (Å²) in [6, 6.07) is 8.25. The molecule has 58 valence electrons. The number of hydrogen-bond acceptors (Lipinski definition) is 1. The molecule has 0 amide bonds. The summed E-state index contributed by atoms with van der Waals surface area (Å²) in [5.41, 5.74) is 2.61. The summed E-state index contributed by atoms with van der Waals surface area (Å²) in [5.74, 6) is 0. The molecule has 2 rings (SSSR count). The number of fused-ring (bicyclic) bond motifs is 1. The minimum absolute atomic E-state index is 0.173. The third-order valence-corrected chi connectivity index (χ3v) is 3.62. The van der Waals surface area contributed by atoms with Gasteiger partial charge < -0.3 is 5.11 Å². The second kappa shape index (κ2) is 2.75. The summed E-state index contributed by atoms with van der Waals surface area (Å²) >= 11 is 2.30. The van der Waals surface area contributed by atoms with Gasteiger partial charge in [-0.2, -0.15) is 0 Å². The maximum atomic E-state index is 9.51. The van der Waals surface area contributed by atoms with Crippen molar-refractivity contribution < 1.29 is 5.11 Å². The van der Waals surface area contributed by atoms with Crippen molar-refractivity contribution in [2.45, 2.75) is 16.4 Å². The Morgan fingerprint density at radius 3 is 2.82 bits per heavy atom. The predicted molar refractivity (Wildman–Crippen MR) is 52.9 cm³/mol. The number of aliphatic hydroxyl groups excluding tert-OH is 1. The summed E-state index contributed by atoms with van der Waals surface area (Å²) in [6.45, 7) is 0. The largest absolute Gasteiger partial charge is 0.391 e. The van der Waals surface area contributed by atoms with Crippen LogP contribution in [0, 0.1) is 0 Å². The number of aliphatic hydroxyl groups is 1. The van der Waals surface area contributed by atoms with Gasteiger partial charge in [0.2, 0.25) is 0 Å². The predicted octanol–water partition coefficient (Wildman–Crippen LogP) is 2.08. The van der Waals surface area contributed by atoms with E-state index in [-0.39, 0.29) is 6.10 Å². The molecule has 0 bridgehead atoms. The highest BCUT2D eigenvalue weighted by Crippen LogP contribution is 2.37. The van der Waals surface area contributed by atoms with Crippen molar-refractivity contribution in [3.63, 3.8) is 0 Å². The molecule has 1 N–H and O–H groups in total. The minimum Gasteiger partial charge on any atom is -0.391 e. The van der Waals surface area contributed by atoms with Crippen LogP contribution in [0.15, 0.2) is 24.3 Å². The third kappa shape index (κ3) is 1.18. The van der Waals surface area contributed by atoms with Crippen molar-refractivity contribution in [3.8, 4) is 0 Å². The number of rotatable bonds is 0. The smallest absolute Gasteiger partial charge is 0.0739 e. The molecule has 2 heteroatoms. The topological polar surface area (TPSA) is 20.2 Å². The summed E-state index contributed by atoms with van der Waals surface area (Å²) in [7, 11) is 0. The lowest BCUT2D eigenvalue weighted by Gasteiger charge is -2.05. The number of alkyl halides is 1. The first kappa shape index (κ1) is 7.55. The van der Waals surface area contributed by atoms with E-state index in [1.807, 2.05) is 12.1 Å². The Balaban J connectivity index is 2.47. The molecular formula is C9H9IO. The maximum absolute atomic E-state index is 9.51. The summed E-state index contributed by atoms with van der Waals surface area (Å²) in [5, 5.41) is 9.51. The van der Waals surface area contributed by atoms with E-state index in [9.17, 15) is 5.11 Å². The standard InChI is InChI=1S/C9H9IO/c10-9-7-4-2-1-3-6(7)5-8(9)11/h1-4,8-9,11H,5H2/t8-,9-/m1/s1. The average Bonchev–Trinajstić information content (AvgIpc) is 2.30. The van der Waals surface area contributed by atoms with Gasteiger partial charge in [-0.05, 0) is 11.1 Å². The van der Waals surface area contributed by atoms with E-state index < -0.39 is 0 Å². The number of hydrogen-bond donors (Lipinski definition) is 1. The first-order chi connectivity index (χ1) is 5.29. The lowest BCUT2D eigenvalue weighted by Crippen LogP contribution is -2.06. The molecule has 0 fully saturated rings. The van der Waals surface area contributed by atoms with Gasteiger partial charge in [0.05, 0.1) is 10.0 Å². The Bertz CT molecular complexity index is 272. The van der Waals surface area contributed by atoms with Crippen molar-refractivity contribution in [2.24, 2.45) is 0 Å². The van der Waals surface area contributed by atoms with Crippen molar-refractivity contribution in [1.82, 2.24) is 0 Å². The molecular weight excluding hydrogens is 251 g/mol. The molecule has 0 spiro atoms. The Kier molecular flexibility index (Phi) is 1.89. The maximum Gasteiger partial charge on any atom is 0.0739 e. The van der Waals surface area contributed by atoms with Crippen LogP contribution < -0.4 is 0 Å². The van der Waals surface area contributed by atoms with Gasteiger partial charge >= 0.3 is 0 Å². The third-order valence-electron chi connectivity index (χ3n) is 2.12. The van der Waals surface area contributed by atoms with Crippen LogP contribution in [0.4, 0.5) is 0 Å². The highest BCUT2D eigenvalue weighted by molar-refractivity contribution is 14.1. The molecule has 0 aromatic heterocycles. The van der Waals surface area contributed by atoms with Crippen LogP contribution in [0.1, 0.15) is 15.1 Å². The fourth-order valence-electron chi connectivity index (χ4n) is 1.53. The summed E-state index contributed by atoms with van der Waals surface area (Å²) in [6.07, 6.45) is 0.650. The zero-order chi connectivity index (χ0) is 7.84.